The smallest absolute Gasteiger partial charge is 0.317 e. The Kier molecular flexibility index (Phi) is 6.20. The molecule has 0 saturated carbocycles. The first-order valence-electron chi connectivity index (χ1n) is 7.08. The highest BCUT2D eigenvalue weighted by Crippen LogP contribution is 2.26. The lowest BCUT2D eigenvalue weighted by Gasteiger charge is -2.30. The van der Waals surface area contributed by atoms with Crippen molar-refractivity contribution in [2.24, 2.45) is 0 Å². The van der Waals surface area contributed by atoms with E-state index in [0.29, 0.717) is 13.1 Å². The molecule has 1 atom stereocenters. The maximum absolute atomic E-state index is 12.2. The van der Waals surface area contributed by atoms with E-state index in [4.69, 9.17) is 5.11 Å². The maximum Gasteiger partial charge on any atom is 0.317 e. The molecule has 0 aliphatic carbocycles. The lowest BCUT2D eigenvalue weighted by molar-refractivity contribution is -0.138. The SMILES string of the molecule is CCN(C(=O)NCC(C)(C)c1cccs1)C(C)CC(=O)O. The van der Waals surface area contributed by atoms with Gasteiger partial charge in [0.1, 0.15) is 0 Å². The van der Waals surface area contributed by atoms with Crippen molar-refractivity contribution in [3.8, 4) is 0 Å². The lowest BCUT2D eigenvalue weighted by atomic mass is 9.91. The Hall–Kier alpha value is -1.56. The van der Waals surface area contributed by atoms with Crippen LogP contribution in [0.4, 0.5) is 4.79 Å². The number of carbonyl (C=O) groups is 2. The molecule has 0 fully saturated rings. The van der Waals surface area contributed by atoms with Gasteiger partial charge in [-0.05, 0) is 25.3 Å². The minimum absolute atomic E-state index is 0.0461. The van der Waals surface area contributed by atoms with Gasteiger partial charge in [-0.2, -0.15) is 0 Å². The Morgan fingerprint density at radius 3 is 2.62 bits per heavy atom. The Morgan fingerprint density at radius 1 is 1.48 bits per heavy atom. The second-order valence-corrected chi connectivity index (χ2v) is 6.70. The number of nitrogens with one attached hydrogen (secondary N) is 1. The molecule has 1 rings (SSSR count). The van der Waals surface area contributed by atoms with Gasteiger partial charge in [0, 0.05) is 29.4 Å². The van der Waals surface area contributed by atoms with E-state index in [-0.39, 0.29) is 23.9 Å². The van der Waals surface area contributed by atoms with Crippen molar-refractivity contribution in [1.82, 2.24) is 10.2 Å². The number of amides is 2. The minimum atomic E-state index is -0.896. The van der Waals surface area contributed by atoms with Crippen molar-refractivity contribution < 1.29 is 14.7 Å². The number of hydrogen-bond donors (Lipinski definition) is 2. The summed E-state index contributed by atoms with van der Waals surface area (Å²) >= 11 is 1.67. The largest absolute Gasteiger partial charge is 0.481 e. The van der Waals surface area contributed by atoms with Gasteiger partial charge in [-0.3, -0.25) is 4.79 Å². The molecule has 2 amide bonds. The third-order valence-electron chi connectivity index (χ3n) is 3.47. The standard InChI is InChI=1S/C15H24N2O3S/c1-5-17(11(2)9-13(18)19)14(20)16-10-15(3,4)12-7-6-8-21-12/h6-8,11H,5,9-10H2,1-4H3,(H,16,20)(H,18,19). The molecule has 0 aliphatic heterocycles. The molecule has 5 nitrogen and oxygen atoms in total. The fourth-order valence-electron chi connectivity index (χ4n) is 2.17. The molecular formula is C15H24N2O3S. The number of carboxylic acids is 1. The van der Waals surface area contributed by atoms with Crippen LogP contribution in [0.5, 0.6) is 0 Å². The Labute approximate surface area is 130 Å². The van der Waals surface area contributed by atoms with Crippen molar-refractivity contribution in [3.05, 3.63) is 22.4 Å². The van der Waals surface area contributed by atoms with Gasteiger partial charge in [0.25, 0.3) is 0 Å². The van der Waals surface area contributed by atoms with E-state index in [1.165, 1.54) is 4.88 Å². The summed E-state index contributed by atoms with van der Waals surface area (Å²) in [4.78, 5) is 25.8. The van der Waals surface area contributed by atoms with E-state index >= 15 is 0 Å². The van der Waals surface area contributed by atoms with Crippen LogP contribution in [0.15, 0.2) is 17.5 Å². The second kappa shape index (κ2) is 7.45. The van der Waals surface area contributed by atoms with Crippen molar-refractivity contribution in [1.29, 1.82) is 0 Å². The third kappa shape index (κ3) is 5.04. The first-order chi connectivity index (χ1) is 9.77. The Balaban J connectivity index is 2.60. The van der Waals surface area contributed by atoms with Gasteiger partial charge in [0.15, 0.2) is 0 Å². The highest BCUT2D eigenvalue weighted by molar-refractivity contribution is 7.10. The molecule has 1 unspecified atom stereocenters. The summed E-state index contributed by atoms with van der Waals surface area (Å²) in [6.07, 6.45) is -0.0461. The summed E-state index contributed by atoms with van der Waals surface area (Å²) in [6.45, 7) is 8.76. The summed E-state index contributed by atoms with van der Waals surface area (Å²) < 4.78 is 0. The highest BCUT2D eigenvalue weighted by atomic mass is 32.1. The van der Waals surface area contributed by atoms with E-state index in [1.807, 2.05) is 18.4 Å². The van der Waals surface area contributed by atoms with Crippen LogP contribution in [0.2, 0.25) is 0 Å². The predicted molar refractivity (Wildman–Crippen MR) is 84.8 cm³/mol. The maximum atomic E-state index is 12.2. The molecule has 21 heavy (non-hydrogen) atoms. The molecule has 2 N–H and O–H groups in total. The van der Waals surface area contributed by atoms with Gasteiger partial charge in [-0.1, -0.05) is 19.9 Å². The van der Waals surface area contributed by atoms with Crippen molar-refractivity contribution in [3.63, 3.8) is 0 Å². The van der Waals surface area contributed by atoms with Crippen LogP contribution in [-0.2, 0) is 10.2 Å². The zero-order chi connectivity index (χ0) is 16.0. The highest BCUT2D eigenvalue weighted by Gasteiger charge is 2.25. The summed E-state index contributed by atoms with van der Waals surface area (Å²) in [6, 6.07) is 3.52. The monoisotopic (exact) mass is 312 g/mol. The van der Waals surface area contributed by atoms with Crippen molar-refractivity contribution in [2.75, 3.05) is 13.1 Å². The zero-order valence-electron chi connectivity index (χ0n) is 13.0. The Bertz CT molecular complexity index is 471. The number of nitrogens with zero attached hydrogens (tertiary/aromatic N) is 1. The van der Waals surface area contributed by atoms with Gasteiger partial charge in [0.05, 0.1) is 6.42 Å². The molecule has 0 radical (unpaired) electrons. The van der Waals surface area contributed by atoms with E-state index < -0.39 is 5.97 Å². The van der Waals surface area contributed by atoms with Crippen LogP contribution in [0.1, 0.15) is 39.0 Å². The fraction of sp³-hybridized carbons (Fsp3) is 0.600. The van der Waals surface area contributed by atoms with Crippen LogP contribution in [0, 0.1) is 0 Å². The molecular weight excluding hydrogens is 288 g/mol. The first kappa shape index (κ1) is 17.5. The lowest BCUT2D eigenvalue weighted by Crippen LogP contribution is -2.48. The van der Waals surface area contributed by atoms with Crippen molar-refractivity contribution in [2.45, 2.75) is 45.6 Å². The Morgan fingerprint density at radius 2 is 2.14 bits per heavy atom. The van der Waals surface area contributed by atoms with Crippen LogP contribution in [-0.4, -0.2) is 41.1 Å². The van der Waals surface area contributed by atoms with Gasteiger partial charge in [-0.15, -0.1) is 11.3 Å². The van der Waals surface area contributed by atoms with Gasteiger partial charge in [0.2, 0.25) is 0 Å². The molecule has 1 aromatic heterocycles. The summed E-state index contributed by atoms with van der Waals surface area (Å²) in [5.41, 5.74) is -0.140. The van der Waals surface area contributed by atoms with Crippen LogP contribution < -0.4 is 5.32 Å². The second-order valence-electron chi connectivity index (χ2n) is 5.75. The number of aliphatic carboxylic acids is 1. The molecule has 0 aromatic carbocycles. The number of carbonyl (C=O) groups excluding carboxylic acids is 1. The van der Waals surface area contributed by atoms with Gasteiger partial charge in [-0.25, -0.2) is 4.79 Å². The van der Waals surface area contributed by atoms with Crippen LogP contribution in [0.25, 0.3) is 0 Å². The molecule has 0 aliphatic rings. The molecule has 1 aromatic rings. The number of rotatable bonds is 7. The minimum Gasteiger partial charge on any atom is -0.481 e. The fourth-order valence-corrected chi connectivity index (χ4v) is 3.02. The average Bonchev–Trinajstić information content (AvgIpc) is 2.91. The molecule has 0 bridgehead atoms. The number of urea groups is 1. The van der Waals surface area contributed by atoms with E-state index in [9.17, 15) is 9.59 Å². The molecule has 0 saturated heterocycles. The van der Waals surface area contributed by atoms with E-state index in [1.54, 1.807) is 23.2 Å². The van der Waals surface area contributed by atoms with Crippen LogP contribution in [0.3, 0.4) is 0 Å². The average molecular weight is 312 g/mol. The first-order valence-corrected chi connectivity index (χ1v) is 7.96. The summed E-state index contributed by atoms with van der Waals surface area (Å²) in [5, 5.41) is 13.8. The van der Waals surface area contributed by atoms with E-state index in [2.05, 4.69) is 25.2 Å². The van der Waals surface area contributed by atoms with E-state index in [0.717, 1.165) is 0 Å². The normalized spacial score (nSPS) is 12.8. The summed E-state index contributed by atoms with van der Waals surface area (Å²) in [5.74, 6) is -0.896. The van der Waals surface area contributed by atoms with Crippen LogP contribution >= 0.6 is 11.3 Å². The molecule has 118 valence electrons. The number of carboxylic acid groups (broad SMARTS) is 1. The topological polar surface area (TPSA) is 69.6 Å². The number of thiophene rings is 1. The number of hydrogen-bond acceptors (Lipinski definition) is 3. The third-order valence-corrected chi connectivity index (χ3v) is 4.71. The summed E-state index contributed by atoms with van der Waals surface area (Å²) in [7, 11) is 0. The predicted octanol–water partition coefficient (Wildman–Crippen LogP) is 2.92. The van der Waals surface area contributed by atoms with Crippen molar-refractivity contribution >= 4 is 23.3 Å². The quantitative estimate of drug-likeness (QED) is 0.813. The van der Waals surface area contributed by atoms with Gasteiger partial charge >= 0.3 is 12.0 Å². The molecule has 1 heterocycles. The molecule has 6 heteroatoms. The van der Waals surface area contributed by atoms with Gasteiger partial charge < -0.3 is 15.3 Å². The zero-order valence-corrected chi connectivity index (χ0v) is 13.9. The molecule has 0 spiro atoms.